The van der Waals surface area contributed by atoms with E-state index >= 15 is 0 Å². The van der Waals surface area contributed by atoms with Crippen molar-refractivity contribution < 1.29 is 0 Å². The predicted molar refractivity (Wildman–Crippen MR) is 53.1 cm³/mol. The summed E-state index contributed by atoms with van der Waals surface area (Å²) >= 11 is 4.35. The molecule has 0 amide bonds. The molecule has 1 aromatic rings. The molecule has 0 aliphatic heterocycles. The van der Waals surface area contributed by atoms with Crippen molar-refractivity contribution in [3.05, 3.63) is 35.4 Å². The normalized spacial score (nSPS) is 10.8. The minimum absolute atomic E-state index is 1.04. The monoisotopic (exact) mass is 164 g/mol. The second-order valence-corrected chi connectivity index (χ2v) is 2.99. The van der Waals surface area contributed by atoms with Gasteiger partial charge in [0.05, 0.1) is 0 Å². The molecule has 0 N–H and O–H groups in total. The Morgan fingerprint density at radius 1 is 1.36 bits per heavy atom. The molecule has 0 atom stereocenters. The Balaban J connectivity index is 3.20. The molecule has 58 valence electrons. The highest BCUT2D eigenvalue weighted by molar-refractivity contribution is 7.80. The Morgan fingerprint density at radius 2 is 2.09 bits per heavy atom. The van der Waals surface area contributed by atoms with Gasteiger partial charge < -0.3 is 0 Å². The van der Waals surface area contributed by atoms with E-state index in [-0.39, 0.29) is 0 Å². The summed E-state index contributed by atoms with van der Waals surface area (Å²) in [5.41, 5.74) is 2.49. The van der Waals surface area contributed by atoms with E-state index < -0.39 is 0 Å². The van der Waals surface area contributed by atoms with E-state index in [1.165, 1.54) is 11.1 Å². The largest absolute Gasteiger partial charge is 0.143 e. The maximum atomic E-state index is 4.35. The molecule has 0 saturated carbocycles. The molecule has 0 unspecified atom stereocenters. The van der Waals surface area contributed by atoms with E-state index in [2.05, 4.69) is 31.7 Å². The van der Waals surface area contributed by atoms with Crippen molar-refractivity contribution in [1.29, 1.82) is 0 Å². The Morgan fingerprint density at radius 3 is 2.64 bits per heavy atom. The van der Waals surface area contributed by atoms with Crippen LogP contribution in [0, 0.1) is 6.92 Å². The first kappa shape index (κ1) is 8.41. The van der Waals surface area contributed by atoms with Gasteiger partial charge >= 0.3 is 0 Å². The average Bonchev–Trinajstić information content (AvgIpc) is 1.97. The van der Waals surface area contributed by atoms with Crippen LogP contribution in [0.5, 0.6) is 0 Å². The number of benzene rings is 1. The van der Waals surface area contributed by atoms with Crippen LogP contribution < -0.4 is 0 Å². The first-order valence-electron chi connectivity index (χ1n) is 3.67. The lowest BCUT2D eigenvalue weighted by Gasteiger charge is -2.02. The Bertz CT molecular complexity index is 254. The van der Waals surface area contributed by atoms with Crippen LogP contribution >= 0.6 is 12.6 Å². The molecule has 0 aliphatic rings. The van der Waals surface area contributed by atoms with Gasteiger partial charge in [-0.05, 0) is 31.0 Å². The van der Waals surface area contributed by atoms with Gasteiger partial charge in [-0.25, -0.2) is 0 Å². The fourth-order valence-electron chi connectivity index (χ4n) is 1.05. The summed E-state index contributed by atoms with van der Waals surface area (Å²) in [7, 11) is 0. The van der Waals surface area contributed by atoms with Gasteiger partial charge in [-0.1, -0.05) is 24.3 Å². The molecular weight excluding hydrogens is 152 g/mol. The van der Waals surface area contributed by atoms with Gasteiger partial charge in [0.15, 0.2) is 0 Å². The summed E-state index contributed by atoms with van der Waals surface area (Å²) in [5, 5.41) is 0. The molecule has 0 aliphatic carbocycles. The van der Waals surface area contributed by atoms with Crippen molar-refractivity contribution in [3.8, 4) is 0 Å². The first-order valence-corrected chi connectivity index (χ1v) is 4.11. The summed E-state index contributed by atoms with van der Waals surface area (Å²) in [6, 6.07) is 6.12. The molecule has 1 rings (SSSR count). The van der Waals surface area contributed by atoms with E-state index in [9.17, 15) is 0 Å². The molecule has 11 heavy (non-hydrogen) atoms. The van der Waals surface area contributed by atoms with Crippen LogP contribution in [0.4, 0.5) is 0 Å². The van der Waals surface area contributed by atoms with E-state index in [0.29, 0.717) is 0 Å². The van der Waals surface area contributed by atoms with E-state index in [1.807, 2.05) is 25.1 Å². The molecule has 0 radical (unpaired) electrons. The zero-order chi connectivity index (χ0) is 8.27. The number of rotatable bonds is 1. The maximum Gasteiger partial charge on any atom is 0.0115 e. The van der Waals surface area contributed by atoms with Gasteiger partial charge in [-0.15, -0.1) is 12.6 Å². The smallest absolute Gasteiger partial charge is 0.0115 e. The van der Waals surface area contributed by atoms with Crippen LogP contribution in [0.3, 0.4) is 0 Å². The quantitative estimate of drug-likeness (QED) is 0.605. The highest BCUT2D eigenvalue weighted by Crippen LogP contribution is 2.18. The molecule has 1 heteroatoms. The number of hydrogen-bond donors (Lipinski definition) is 1. The maximum absolute atomic E-state index is 4.35. The summed E-state index contributed by atoms with van der Waals surface area (Å²) < 4.78 is 0. The summed E-state index contributed by atoms with van der Waals surface area (Å²) in [4.78, 5) is 1.04. The van der Waals surface area contributed by atoms with Crippen molar-refractivity contribution in [1.82, 2.24) is 0 Å². The molecule has 0 saturated heterocycles. The lowest BCUT2D eigenvalue weighted by Crippen LogP contribution is -1.81. The second kappa shape index (κ2) is 3.63. The SMILES string of the molecule is C/C=C\c1c(C)cccc1S. The van der Waals surface area contributed by atoms with Crippen LogP contribution in [0.2, 0.25) is 0 Å². The van der Waals surface area contributed by atoms with Gasteiger partial charge in [-0.2, -0.15) is 0 Å². The van der Waals surface area contributed by atoms with Crippen LogP contribution in [-0.2, 0) is 0 Å². The third-order valence-electron chi connectivity index (χ3n) is 1.63. The van der Waals surface area contributed by atoms with E-state index in [1.54, 1.807) is 0 Å². The van der Waals surface area contributed by atoms with Crippen molar-refractivity contribution >= 4 is 18.7 Å². The molecule has 0 heterocycles. The Hall–Kier alpha value is -0.690. The molecule has 0 nitrogen and oxygen atoms in total. The number of hydrogen-bond acceptors (Lipinski definition) is 1. The third-order valence-corrected chi connectivity index (χ3v) is 2.02. The Labute approximate surface area is 73.4 Å². The first-order chi connectivity index (χ1) is 5.25. The van der Waals surface area contributed by atoms with Gasteiger partial charge in [-0.3, -0.25) is 0 Å². The van der Waals surface area contributed by atoms with Gasteiger partial charge in [0, 0.05) is 4.90 Å². The minimum Gasteiger partial charge on any atom is -0.143 e. The zero-order valence-electron chi connectivity index (χ0n) is 6.83. The predicted octanol–water partition coefficient (Wildman–Crippen LogP) is 3.32. The van der Waals surface area contributed by atoms with Crippen molar-refractivity contribution in [2.24, 2.45) is 0 Å². The highest BCUT2D eigenvalue weighted by atomic mass is 32.1. The molecule has 0 fully saturated rings. The van der Waals surface area contributed by atoms with Gasteiger partial charge in [0.2, 0.25) is 0 Å². The third kappa shape index (κ3) is 1.87. The van der Waals surface area contributed by atoms with E-state index in [4.69, 9.17) is 0 Å². The van der Waals surface area contributed by atoms with Crippen LogP contribution in [-0.4, -0.2) is 0 Å². The fourth-order valence-corrected chi connectivity index (χ4v) is 1.39. The molecule has 1 aromatic carbocycles. The number of aryl methyl sites for hydroxylation is 1. The minimum atomic E-state index is 1.04. The highest BCUT2D eigenvalue weighted by Gasteiger charge is 1.96. The van der Waals surface area contributed by atoms with Crippen LogP contribution in [0.1, 0.15) is 18.1 Å². The second-order valence-electron chi connectivity index (χ2n) is 2.51. The fraction of sp³-hybridized carbons (Fsp3) is 0.200. The zero-order valence-corrected chi connectivity index (χ0v) is 7.73. The Kier molecular flexibility index (Phi) is 2.77. The lowest BCUT2D eigenvalue weighted by atomic mass is 10.1. The molecule has 0 aromatic heterocycles. The van der Waals surface area contributed by atoms with Gasteiger partial charge in [0.1, 0.15) is 0 Å². The average molecular weight is 164 g/mol. The number of allylic oxidation sites excluding steroid dienone is 1. The molecular formula is C10H12S. The van der Waals surface area contributed by atoms with Crippen molar-refractivity contribution in [2.75, 3.05) is 0 Å². The van der Waals surface area contributed by atoms with Crippen LogP contribution in [0.15, 0.2) is 29.2 Å². The van der Waals surface area contributed by atoms with Gasteiger partial charge in [0.25, 0.3) is 0 Å². The standard InChI is InChI=1S/C10H12S/c1-3-5-9-8(2)6-4-7-10(9)11/h3-7,11H,1-2H3/b5-3-. The lowest BCUT2D eigenvalue weighted by molar-refractivity contribution is 1.33. The molecule has 0 bridgehead atoms. The summed E-state index contributed by atoms with van der Waals surface area (Å²) in [6.45, 7) is 4.11. The van der Waals surface area contributed by atoms with E-state index in [0.717, 1.165) is 4.90 Å². The summed E-state index contributed by atoms with van der Waals surface area (Å²) in [6.07, 6.45) is 4.11. The molecule has 0 spiro atoms. The van der Waals surface area contributed by atoms with Crippen molar-refractivity contribution in [3.63, 3.8) is 0 Å². The van der Waals surface area contributed by atoms with Crippen molar-refractivity contribution in [2.45, 2.75) is 18.7 Å². The summed E-state index contributed by atoms with van der Waals surface area (Å²) in [5.74, 6) is 0. The topological polar surface area (TPSA) is 0 Å². The van der Waals surface area contributed by atoms with Crippen LogP contribution in [0.25, 0.3) is 6.08 Å². The number of thiol groups is 1.